The Hall–Kier alpha value is -2.08. The number of ether oxygens (including phenoxy) is 1. The summed E-state index contributed by atoms with van der Waals surface area (Å²) in [6.07, 6.45) is -0.305. The van der Waals surface area contributed by atoms with Crippen LogP contribution in [-0.4, -0.2) is 37.6 Å². The largest absolute Gasteiger partial charge is 0.477 e. The van der Waals surface area contributed by atoms with E-state index in [9.17, 15) is 9.59 Å². The van der Waals surface area contributed by atoms with Crippen LogP contribution < -0.4 is 20.7 Å². The Morgan fingerprint density at radius 2 is 2.10 bits per heavy atom. The first-order chi connectivity index (χ1) is 9.65. The van der Waals surface area contributed by atoms with E-state index in [0.29, 0.717) is 23.8 Å². The number of hydrogen-bond acceptors (Lipinski definition) is 4. The number of hydrogen-bond donors (Lipinski definition) is 2. The molecule has 0 spiro atoms. The van der Waals surface area contributed by atoms with Crippen molar-refractivity contribution < 1.29 is 14.3 Å². The van der Waals surface area contributed by atoms with E-state index in [1.165, 1.54) is 0 Å². The molecule has 2 heterocycles. The summed E-state index contributed by atoms with van der Waals surface area (Å²) in [5, 5.41) is 3.15. The Morgan fingerprint density at radius 1 is 1.35 bits per heavy atom. The lowest BCUT2D eigenvalue weighted by molar-refractivity contribution is -0.125. The van der Waals surface area contributed by atoms with E-state index in [0.717, 1.165) is 13.1 Å². The van der Waals surface area contributed by atoms with E-state index in [2.05, 4.69) is 5.32 Å². The number of nitrogens with one attached hydrogen (secondary N) is 1. The van der Waals surface area contributed by atoms with Gasteiger partial charge in [-0.2, -0.15) is 0 Å². The summed E-state index contributed by atoms with van der Waals surface area (Å²) >= 11 is 0. The van der Waals surface area contributed by atoms with Gasteiger partial charge in [0.2, 0.25) is 5.91 Å². The van der Waals surface area contributed by atoms with Crippen LogP contribution in [0.3, 0.4) is 0 Å². The number of benzene rings is 1. The molecule has 2 aliphatic rings. The highest BCUT2D eigenvalue weighted by Gasteiger charge is 2.33. The second-order valence-electron chi connectivity index (χ2n) is 5.21. The van der Waals surface area contributed by atoms with Crippen LogP contribution in [0.1, 0.15) is 6.42 Å². The molecule has 20 heavy (non-hydrogen) atoms. The van der Waals surface area contributed by atoms with Gasteiger partial charge in [0.05, 0.1) is 12.2 Å². The number of carbonyl (C=O) groups is 2. The molecular weight excluding hydrogens is 258 g/mol. The van der Waals surface area contributed by atoms with Gasteiger partial charge in [0.1, 0.15) is 5.75 Å². The molecule has 0 saturated carbocycles. The molecule has 0 radical (unpaired) electrons. The average Bonchev–Trinajstić information content (AvgIpc) is 2.41. The SMILES string of the molecule is NC(=O)C1CN(C(=O)CC2CNC2)c2ccccc2O1. The summed E-state index contributed by atoms with van der Waals surface area (Å²) in [6, 6.07) is 7.22. The van der Waals surface area contributed by atoms with E-state index in [1.807, 2.05) is 12.1 Å². The van der Waals surface area contributed by atoms with E-state index in [4.69, 9.17) is 10.5 Å². The second-order valence-corrected chi connectivity index (χ2v) is 5.21. The normalized spacial score (nSPS) is 21.6. The van der Waals surface area contributed by atoms with Crippen molar-refractivity contribution in [3.05, 3.63) is 24.3 Å². The molecule has 1 atom stereocenters. The van der Waals surface area contributed by atoms with Crippen molar-refractivity contribution >= 4 is 17.5 Å². The lowest BCUT2D eigenvalue weighted by atomic mass is 9.98. The van der Waals surface area contributed by atoms with Gasteiger partial charge >= 0.3 is 0 Å². The number of nitrogens with two attached hydrogens (primary N) is 1. The number of amides is 2. The summed E-state index contributed by atoms with van der Waals surface area (Å²) in [7, 11) is 0. The summed E-state index contributed by atoms with van der Waals surface area (Å²) in [5.74, 6) is 0.369. The minimum absolute atomic E-state index is 0.0125. The first-order valence-electron chi connectivity index (χ1n) is 6.71. The third kappa shape index (κ3) is 2.34. The fourth-order valence-electron chi connectivity index (χ4n) is 2.47. The molecule has 0 bridgehead atoms. The molecule has 106 valence electrons. The fourth-order valence-corrected chi connectivity index (χ4v) is 2.47. The first kappa shape index (κ1) is 12.9. The van der Waals surface area contributed by atoms with Crippen LogP contribution in [0.5, 0.6) is 5.75 Å². The smallest absolute Gasteiger partial charge is 0.260 e. The van der Waals surface area contributed by atoms with E-state index in [-0.39, 0.29) is 12.5 Å². The highest BCUT2D eigenvalue weighted by atomic mass is 16.5. The zero-order valence-electron chi connectivity index (χ0n) is 11.0. The van der Waals surface area contributed by atoms with Crippen LogP contribution in [0.4, 0.5) is 5.69 Å². The molecule has 1 saturated heterocycles. The van der Waals surface area contributed by atoms with Gasteiger partial charge in [-0.3, -0.25) is 9.59 Å². The van der Waals surface area contributed by atoms with Crippen molar-refractivity contribution in [2.24, 2.45) is 11.7 Å². The number of primary amides is 1. The average molecular weight is 275 g/mol. The van der Waals surface area contributed by atoms with Crippen molar-refractivity contribution in [3.63, 3.8) is 0 Å². The Balaban J connectivity index is 1.83. The van der Waals surface area contributed by atoms with Gasteiger partial charge < -0.3 is 20.7 Å². The van der Waals surface area contributed by atoms with Crippen LogP contribution in [0, 0.1) is 5.92 Å². The molecule has 1 aromatic rings. The van der Waals surface area contributed by atoms with Gasteiger partial charge in [-0.05, 0) is 31.1 Å². The predicted molar refractivity (Wildman–Crippen MR) is 73.4 cm³/mol. The first-order valence-corrected chi connectivity index (χ1v) is 6.71. The number of rotatable bonds is 3. The maximum Gasteiger partial charge on any atom is 0.260 e. The van der Waals surface area contributed by atoms with Crippen LogP contribution in [0.15, 0.2) is 24.3 Å². The molecule has 1 unspecified atom stereocenters. The fraction of sp³-hybridized carbons (Fsp3) is 0.429. The zero-order chi connectivity index (χ0) is 14.1. The maximum absolute atomic E-state index is 12.4. The monoisotopic (exact) mass is 275 g/mol. The molecule has 1 fully saturated rings. The minimum atomic E-state index is -0.784. The predicted octanol–water partition coefficient (Wildman–Crippen LogP) is -0.125. The van der Waals surface area contributed by atoms with Gasteiger partial charge in [0.25, 0.3) is 5.91 Å². The molecule has 2 aliphatic heterocycles. The number of carbonyl (C=O) groups excluding carboxylic acids is 2. The van der Waals surface area contributed by atoms with Crippen molar-refractivity contribution in [3.8, 4) is 5.75 Å². The van der Waals surface area contributed by atoms with Crippen LogP contribution in [0.25, 0.3) is 0 Å². The molecule has 0 aromatic heterocycles. The van der Waals surface area contributed by atoms with Crippen LogP contribution in [-0.2, 0) is 9.59 Å². The highest BCUT2D eigenvalue weighted by molar-refractivity contribution is 5.97. The number of anilines is 1. The summed E-state index contributed by atoms with van der Waals surface area (Å²) < 4.78 is 5.54. The Morgan fingerprint density at radius 3 is 2.75 bits per heavy atom. The van der Waals surface area contributed by atoms with Crippen LogP contribution in [0.2, 0.25) is 0 Å². The standard InChI is InChI=1S/C14H17N3O3/c15-14(19)12-8-17(13(18)5-9-6-16-7-9)10-3-1-2-4-11(10)20-12/h1-4,9,12,16H,5-8H2,(H2,15,19). The molecule has 3 N–H and O–H groups in total. The second kappa shape index (κ2) is 5.13. The lowest BCUT2D eigenvalue weighted by Crippen LogP contribution is -2.51. The quantitative estimate of drug-likeness (QED) is 0.805. The maximum atomic E-state index is 12.4. The highest BCUT2D eigenvalue weighted by Crippen LogP contribution is 2.33. The van der Waals surface area contributed by atoms with E-state index >= 15 is 0 Å². The lowest BCUT2D eigenvalue weighted by Gasteiger charge is -2.35. The summed E-state index contributed by atoms with van der Waals surface area (Å²) in [6.45, 7) is 1.93. The third-order valence-electron chi connectivity index (χ3n) is 3.72. The Labute approximate surface area is 116 Å². The Bertz CT molecular complexity index is 542. The van der Waals surface area contributed by atoms with Crippen LogP contribution >= 0.6 is 0 Å². The van der Waals surface area contributed by atoms with Gasteiger partial charge in [-0.1, -0.05) is 12.1 Å². The molecule has 2 amide bonds. The number of fused-ring (bicyclic) bond motifs is 1. The molecule has 1 aromatic carbocycles. The Kier molecular flexibility index (Phi) is 3.31. The van der Waals surface area contributed by atoms with Crippen molar-refractivity contribution in [1.29, 1.82) is 0 Å². The van der Waals surface area contributed by atoms with Crippen molar-refractivity contribution in [1.82, 2.24) is 5.32 Å². The summed E-state index contributed by atoms with van der Waals surface area (Å²) in [5.41, 5.74) is 6.02. The third-order valence-corrected chi connectivity index (χ3v) is 3.72. The topological polar surface area (TPSA) is 84.7 Å². The van der Waals surface area contributed by atoms with E-state index in [1.54, 1.807) is 17.0 Å². The summed E-state index contributed by atoms with van der Waals surface area (Å²) in [4.78, 5) is 25.4. The van der Waals surface area contributed by atoms with Gasteiger partial charge in [-0.25, -0.2) is 0 Å². The van der Waals surface area contributed by atoms with Gasteiger partial charge in [0, 0.05) is 6.42 Å². The molecule has 6 heteroatoms. The number of para-hydroxylation sites is 2. The zero-order valence-corrected chi connectivity index (χ0v) is 11.0. The molecule has 6 nitrogen and oxygen atoms in total. The molecule has 0 aliphatic carbocycles. The number of nitrogens with zero attached hydrogens (tertiary/aromatic N) is 1. The van der Waals surface area contributed by atoms with E-state index < -0.39 is 12.0 Å². The van der Waals surface area contributed by atoms with Gasteiger partial charge in [0.15, 0.2) is 6.10 Å². The van der Waals surface area contributed by atoms with Gasteiger partial charge in [-0.15, -0.1) is 0 Å². The minimum Gasteiger partial charge on any atom is -0.477 e. The van der Waals surface area contributed by atoms with Crippen molar-refractivity contribution in [2.45, 2.75) is 12.5 Å². The van der Waals surface area contributed by atoms with Crippen molar-refractivity contribution in [2.75, 3.05) is 24.5 Å². The molecule has 3 rings (SSSR count). The molecular formula is C14H17N3O3.